The number of carbonyl (C=O) groups is 1. The highest BCUT2D eigenvalue weighted by Crippen LogP contribution is 2.40. The number of para-hydroxylation sites is 1. The Labute approximate surface area is 84.7 Å². The van der Waals surface area contributed by atoms with Gasteiger partial charge in [-0.1, -0.05) is 18.2 Å². The Kier molecular flexibility index (Phi) is 4.87. The first kappa shape index (κ1) is 10.6. The number of thiol groups is 1. The van der Waals surface area contributed by atoms with Gasteiger partial charge in [-0.3, -0.25) is 0 Å². The Bertz CT molecular complexity index is 255. The molecule has 0 aliphatic rings. The summed E-state index contributed by atoms with van der Waals surface area (Å²) < 4.78 is 0. The lowest BCUT2D eigenvalue weighted by Crippen LogP contribution is -1.91. The Morgan fingerprint density at radius 2 is 2.08 bits per heavy atom. The van der Waals surface area contributed by atoms with Crippen LogP contribution in [0.5, 0.6) is 0 Å². The predicted octanol–water partition coefficient (Wildman–Crippen LogP) is 2.93. The Morgan fingerprint density at radius 1 is 1.38 bits per heavy atom. The van der Waals surface area contributed by atoms with Gasteiger partial charge in [-0.2, -0.15) is 0 Å². The second-order valence-corrected chi connectivity index (χ2v) is 5.47. The number of nitrogens with one attached hydrogen (secondary N) is 1. The summed E-state index contributed by atoms with van der Waals surface area (Å²) in [6.07, 6.45) is 2.32. The van der Waals surface area contributed by atoms with Gasteiger partial charge in [-0.25, -0.2) is 0 Å². The van der Waals surface area contributed by atoms with Gasteiger partial charge in [-0.05, 0) is 12.1 Å². The highest BCUT2D eigenvalue weighted by molar-refractivity contribution is 8.45. The average molecular weight is 213 g/mol. The molecular weight excluding hydrogens is 201 g/mol. The third-order valence-electron chi connectivity index (χ3n) is 1.49. The molecule has 0 saturated heterocycles. The van der Waals surface area contributed by atoms with Crippen LogP contribution in [0.1, 0.15) is 6.42 Å². The zero-order chi connectivity index (χ0) is 9.52. The SMILES string of the molecule is O=CCCP(S)Nc1ccccc1. The van der Waals surface area contributed by atoms with E-state index >= 15 is 0 Å². The van der Waals surface area contributed by atoms with Crippen molar-refractivity contribution in [2.45, 2.75) is 6.42 Å². The zero-order valence-corrected chi connectivity index (χ0v) is 8.97. The van der Waals surface area contributed by atoms with Crippen molar-refractivity contribution in [3.63, 3.8) is 0 Å². The number of hydrogen-bond acceptors (Lipinski definition) is 3. The molecule has 0 heterocycles. The van der Waals surface area contributed by atoms with E-state index in [0.29, 0.717) is 6.42 Å². The quantitative estimate of drug-likeness (QED) is 0.447. The highest BCUT2D eigenvalue weighted by atomic mass is 32.7. The smallest absolute Gasteiger partial charge is 0.120 e. The molecule has 0 radical (unpaired) electrons. The van der Waals surface area contributed by atoms with Crippen LogP contribution in [0.3, 0.4) is 0 Å². The number of hydrogen-bond donors (Lipinski definition) is 2. The van der Waals surface area contributed by atoms with Crippen molar-refractivity contribution in [3.05, 3.63) is 30.3 Å². The molecule has 1 aromatic carbocycles. The van der Waals surface area contributed by atoms with Crippen molar-refractivity contribution >= 4 is 31.5 Å². The van der Waals surface area contributed by atoms with Crippen molar-refractivity contribution in [1.82, 2.24) is 0 Å². The molecule has 1 unspecified atom stereocenters. The third kappa shape index (κ3) is 4.30. The van der Waals surface area contributed by atoms with Crippen LogP contribution in [0.25, 0.3) is 0 Å². The van der Waals surface area contributed by atoms with E-state index < -0.39 is 7.27 Å². The number of benzene rings is 1. The molecule has 70 valence electrons. The third-order valence-corrected chi connectivity index (χ3v) is 3.59. The monoisotopic (exact) mass is 213 g/mol. The fraction of sp³-hybridized carbons (Fsp3) is 0.222. The van der Waals surface area contributed by atoms with Crippen molar-refractivity contribution in [2.24, 2.45) is 0 Å². The van der Waals surface area contributed by atoms with Gasteiger partial charge in [0.1, 0.15) is 6.29 Å². The van der Waals surface area contributed by atoms with Crippen molar-refractivity contribution in [2.75, 3.05) is 11.2 Å². The summed E-state index contributed by atoms with van der Waals surface area (Å²) in [4.78, 5) is 10.1. The summed E-state index contributed by atoms with van der Waals surface area (Å²) in [7, 11) is -0.550. The summed E-state index contributed by atoms with van der Waals surface area (Å²) >= 11 is 4.37. The van der Waals surface area contributed by atoms with Crippen LogP contribution < -0.4 is 5.09 Å². The maximum Gasteiger partial charge on any atom is 0.120 e. The number of aldehydes is 1. The van der Waals surface area contributed by atoms with Gasteiger partial charge in [0.05, 0.1) is 0 Å². The lowest BCUT2D eigenvalue weighted by atomic mass is 10.3. The summed E-state index contributed by atoms with van der Waals surface area (Å²) in [6.45, 7) is 0. The minimum absolute atomic E-state index is 0.550. The first-order chi connectivity index (χ1) is 6.33. The van der Waals surface area contributed by atoms with Crippen molar-refractivity contribution < 1.29 is 4.79 Å². The van der Waals surface area contributed by atoms with E-state index in [1.165, 1.54) is 0 Å². The van der Waals surface area contributed by atoms with Crippen LogP contribution in [0.2, 0.25) is 0 Å². The van der Waals surface area contributed by atoms with E-state index in [1.807, 2.05) is 30.3 Å². The summed E-state index contributed by atoms with van der Waals surface area (Å²) in [5.41, 5.74) is 1.06. The molecule has 0 amide bonds. The molecule has 1 N–H and O–H groups in total. The molecule has 0 fully saturated rings. The van der Waals surface area contributed by atoms with Gasteiger partial charge >= 0.3 is 0 Å². The maximum atomic E-state index is 10.1. The average Bonchev–Trinajstić information content (AvgIpc) is 2.16. The Morgan fingerprint density at radius 3 is 2.69 bits per heavy atom. The van der Waals surface area contributed by atoms with Gasteiger partial charge in [0.2, 0.25) is 0 Å². The Balaban J connectivity index is 2.36. The minimum atomic E-state index is -0.550. The molecule has 0 spiro atoms. The molecule has 0 aliphatic heterocycles. The van der Waals surface area contributed by atoms with E-state index in [2.05, 4.69) is 17.3 Å². The first-order valence-corrected chi connectivity index (χ1v) is 6.72. The number of rotatable bonds is 5. The van der Waals surface area contributed by atoms with Crippen molar-refractivity contribution in [1.29, 1.82) is 0 Å². The normalized spacial score (nSPS) is 12.1. The fourth-order valence-electron chi connectivity index (χ4n) is 0.893. The van der Waals surface area contributed by atoms with E-state index in [4.69, 9.17) is 0 Å². The van der Waals surface area contributed by atoms with Crippen LogP contribution in [-0.2, 0) is 4.79 Å². The highest BCUT2D eigenvalue weighted by Gasteiger charge is 2.00. The van der Waals surface area contributed by atoms with Gasteiger partial charge < -0.3 is 9.88 Å². The van der Waals surface area contributed by atoms with Crippen molar-refractivity contribution in [3.8, 4) is 0 Å². The van der Waals surface area contributed by atoms with Crippen LogP contribution >= 0.6 is 19.5 Å². The summed E-state index contributed by atoms with van der Waals surface area (Å²) in [5.74, 6) is 0. The summed E-state index contributed by atoms with van der Waals surface area (Å²) in [5, 5.41) is 3.25. The topological polar surface area (TPSA) is 29.1 Å². The molecule has 0 bridgehead atoms. The predicted molar refractivity (Wildman–Crippen MR) is 61.5 cm³/mol. The maximum absolute atomic E-state index is 10.1. The zero-order valence-electron chi connectivity index (χ0n) is 7.18. The minimum Gasteiger partial charge on any atom is -0.356 e. The van der Waals surface area contributed by atoms with Gasteiger partial charge in [0, 0.05) is 25.5 Å². The second-order valence-electron chi connectivity index (χ2n) is 2.56. The van der Waals surface area contributed by atoms with Crippen LogP contribution in [-0.4, -0.2) is 12.4 Å². The van der Waals surface area contributed by atoms with Gasteiger partial charge in [-0.15, -0.1) is 12.2 Å². The van der Waals surface area contributed by atoms with Crippen LogP contribution in [0, 0.1) is 0 Å². The molecule has 4 heteroatoms. The molecule has 0 saturated carbocycles. The molecule has 1 rings (SSSR count). The van der Waals surface area contributed by atoms with E-state index in [1.54, 1.807) is 0 Å². The van der Waals surface area contributed by atoms with Gasteiger partial charge in [0.25, 0.3) is 0 Å². The Hall–Kier alpha value is -0.530. The van der Waals surface area contributed by atoms with E-state index in [-0.39, 0.29) is 0 Å². The summed E-state index contributed by atoms with van der Waals surface area (Å²) in [6, 6.07) is 9.90. The molecule has 13 heavy (non-hydrogen) atoms. The molecule has 2 nitrogen and oxygen atoms in total. The van der Waals surface area contributed by atoms with E-state index in [0.717, 1.165) is 18.1 Å². The number of carbonyl (C=O) groups excluding carboxylic acids is 1. The fourth-order valence-corrected chi connectivity index (χ4v) is 2.49. The molecule has 1 aromatic rings. The standard InChI is InChI=1S/C9H12NOPS/c11-7-4-8-12(13)10-9-5-2-1-3-6-9/h1-3,5-7,10,13H,4,8H2. The first-order valence-electron chi connectivity index (χ1n) is 4.04. The largest absolute Gasteiger partial charge is 0.356 e. The molecule has 0 aliphatic carbocycles. The second kappa shape index (κ2) is 6.01. The molecule has 1 atom stereocenters. The molecule has 0 aromatic heterocycles. The molecular formula is C9H12NOPS. The van der Waals surface area contributed by atoms with Crippen LogP contribution in [0.15, 0.2) is 30.3 Å². The van der Waals surface area contributed by atoms with Gasteiger partial charge in [0.15, 0.2) is 0 Å². The lowest BCUT2D eigenvalue weighted by Gasteiger charge is -2.12. The van der Waals surface area contributed by atoms with E-state index in [9.17, 15) is 4.79 Å². The van der Waals surface area contributed by atoms with Crippen LogP contribution in [0.4, 0.5) is 5.69 Å². The lowest BCUT2D eigenvalue weighted by molar-refractivity contribution is -0.107. The number of anilines is 1.